The molecule has 0 spiro atoms. The van der Waals surface area contributed by atoms with Crippen LogP contribution in [0.15, 0.2) is 36.5 Å². The Hall–Kier alpha value is -1.35. The normalized spacial score (nSPS) is 11.9. The minimum Gasteiger partial charge on any atom is -0.395 e. The molecule has 0 aliphatic rings. The molecular formula is C20H35NO2. The number of rotatable bonds is 15. The van der Waals surface area contributed by atoms with Crippen molar-refractivity contribution in [1.82, 2.24) is 5.32 Å². The fourth-order valence-corrected chi connectivity index (χ4v) is 2.12. The topological polar surface area (TPSA) is 49.3 Å². The van der Waals surface area contributed by atoms with Gasteiger partial charge in [0.15, 0.2) is 0 Å². The van der Waals surface area contributed by atoms with Crippen molar-refractivity contribution in [2.75, 3.05) is 13.2 Å². The van der Waals surface area contributed by atoms with Gasteiger partial charge in [-0.2, -0.15) is 0 Å². The Morgan fingerprint density at radius 3 is 2.00 bits per heavy atom. The first-order valence-corrected chi connectivity index (χ1v) is 9.13. The Kier molecular flexibility index (Phi) is 17.6. The van der Waals surface area contributed by atoms with Gasteiger partial charge in [-0.3, -0.25) is 4.79 Å². The molecule has 0 atom stereocenters. The first kappa shape index (κ1) is 21.6. The summed E-state index contributed by atoms with van der Waals surface area (Å²) < 4.78 is 0. The fourth-order valence-electron chi connectivity index (χ4n) is 2.12. The van der Waals surface area contributed by atoms with Gasteiger partial charge in [0.2, 0.25) is 5.91 Å². The third-order valence-electron chi connectivity index (χ3n) is 3.48. The SMILES string of the molecule is CCCCC/C=C/C/C=C/C/C=C/CCCCC(=O)NCCO. The molecule has 0 aliphatic carbocycles. The molecule has 1 amide bonds. The Labute approximate surface area is 142 Å². The summed E-state index contributed by atoms with van der Waals surface area (Å²) in [5.41, 5.74) is 0. The molecule has 0 unspecified atom stereocenters. The molecule has 0 radical (unpaired) electrons. The van der Waals surface area contributed by atoms with E-state index in [9.17, 15) is 4.79 Å². The fraction of sp³-hybridized carbons (Fsp3) is 0.650. The summed E-state index contributed by atoms with van der Waals surface area (Å²) in [6, 6.07) is 0. The standard InChI is InChI=1S/C20H35NO2/c1-2-3-4-5-6-7-8-9-10-11-12-13-14-15-16-17-20(23)21-18-19-22/h6-7,9-10,12-13,22H,2-5,8,11,14-19H2,1H3,(H,21,23)/b7-6+,10-9+,13-12+. The van der Waals surface area contributed by atoms with Crippen LogP contribution >= 0.6 is 0 Å². The van der Waals surface area contributed by atoms with Gasteiger partial charge < -0.3 is 10.4 Å². The molecule has 0 saturated carbocycles. The molecule has 0 heterocycles. The third kappa shape index (κ3) is 18.6. The average Bonchev–Trinajstić information content (AvgIpc) is 2.56. The number of hydrogen-bond donors (Lipinski definition) is 2. The van der Waals surface area contributed by atoms with Gasteiger partial charge in [0.1, 0.15) is 0 Å². The van der Waals surface area contributed by atoms with Gasteiger partial charge in [-0.1, -0.05) is 56.2 Å². The van der Waals surface area contributed by atoms with Crippen LogP contribution < -0.4 is 5.32 Å². The van der Waals surface area contributed by atoms with Gasteiger partial charge >= 0.3 is 0 Å². The highest BCUT2D eigenvalue weighted by molar-refractivity contribution is 5.75. The van der Waals surface area contributed by atoms with E-state index >= 15 is 0 Å². The van der Waals surface area contributed by atoms with Crippen LogP contribution in [0.3, 0.4) is 0 Å². The number of carbonyl (C=O) groups excluding carboxylic acids is 1. The zero-order valence-corrected chi connectivity index (χ0v) is 14.8. The van der Waals surface area contributed by atoms with E-state index in [4.69, 9.17) is 5.11 Å². The van der Waals surface area contributed by atoms with Gasteiger partial charge in [-0.05, 0) is 44.9 Å². The lowest BCUT2D eigenvalue weighted by Gasteiger charge is -2.01. The molecule has 0 fully saturated rings. The predicted octanol–water partition coefficient (Wildman–Crippen LogP) is 4.68. The molecular weight excluding hydrogens is 286 g/mol. The maximum Gasteiger partial charge on any atom is 0.220 e. The third-order valence-corrected chi connectivity index (χ3v) is 3.48. The van der Waals surface area contributed by atoms with Crippen molar-refractivity contribution in [3.8, 4) is 0 Å². The first-order chi connectivity index (χ1) is 11.3. The van der Waals surface area contributed by atoms with E-state index in [2.05, 4.69) is 48.7 Å². The quantitative estimate of drug-likeness (QED) is 0.340. The van der Waals surface area contributed by atoms with Crippen LogP contribution in [0, 0.1) is 0 Å². The molecule has 0 aromatic rings. The number of aliphatic hydroxyl groups excluding tert-OH is 1. The predicted molar refractivity (Wildman–Crippen MR) is 99.4 cm³/mol. The van der Waals surface area contributed by atoms with Crippen LogP contribution in [0.2, 0.25) is 0 Å². The van der Waals surface area contributed by atoms with E-state index in [-0.39, 0.29) is 12.5 Å². The molecule has 0 rings (SSSR count). The molecule has 23 heavy (non-hydrogen) atoms. The first-order valence-electron chi connectivity index (χ1n) is 9.13. The van der Waals surface area contributed by atoms with Gasteiger partial charge in [0.25, 0.3) is 0 Å². The summed E-state index contributed by atoms with van der Waals surface area (Å²) in [5, 5.41) is 11.2. The van der Waals surface area contributed by atoms with Crippen molar-refractivity contribution < 1.29 is 9.90 Å². The second-order valence-electron chi connectivity index (χ2n) is 5.70. The molecule has 0 aromatic carbocycles. The lowest BCUT2D eigenvalue weighted by molar-refractivity contribution is -0.121. The number of nitrogens with one attached hydrogen (secondary N) is 1. The summed E-state index contributed by atoms with van der Waals surface area (Å²) in [6.45, 7) is 2.60. The number of aliphatic hydroxyl groups is 1. The Morgan fingerprint density at radius 2 is 1.43 bits per heavy atom. The van der Waals surface area contributed by atoms with Crippen molar-refractivity contribution in [2.24, 2.45) is 0 Å². The van der Waals surface area contributed by atoms with Crippen LogP contribution in [0.1, 0.15) is 71.1 Å². The summed E-state index contributed by atoms with van der Waals surface area (Å²) in [5.74, 6) is 0.0358. The van der Waals surface area contributed by atoms with E-state index in [1.807, 2.05) is 0 Å². The molecule has 0 saturated heterocycles. The van der Waals surface area contributed by atoms with Crippen LogP contribution in [0.25, 0.3) is 0 Å². The number of carbonyl (C=O) groups is 1. The zero-order chi connectivity index (χ0) is 17.0. The molecule has 132 valence electrons. The van der Waals surface area contributed by atoms with Crippen LogP contribution in [-0.4, -0.2) is 24.2 Å². The maximum absolute atomic E-state index is 11.3. The van der Waals surface area contributed by atoms with Gasteiger partial charge in [-0.15, -0.1) is 0 Å². The highest BCUT2D eigenvalue weighted by Crippen LogP contribution is 2.02. The largest absolute Gasteiger partial charge is 0.395 e. The van der Waals surface area contributed by atoms with E-state index in [0.717, 1.165) is 32.1 Å². The average molecular weight is 322 g/mol. The van der Waals surface area contributed by atoms with Crippen molar-refractivity contribution in [3.05, 3.63) is 36.5 Å². The van der Waals surface area contributed by atoms with Crippen molar-refractivity contribution in [2.45, 2.75) is 71.1 Å². The lowest BCUT2D eigenvalue weighted by Crippen LogP contribution is -2.25. The lowest BCUT2D eigenvalue weighted by atomic mass is 10.1. The van der Waals surface area contributed by atoms with Crippen LogP contribution in [-0.2, 0) is 4.79 Å². The number of allylic oxidation sites excluding steroid dienone is 6. The minimum absolute atomic E-state index is 0.0106. The Morgan fingerprint density at radius 1 is 0.870 bits per heavy atom. The molecule has 0 aromatic heterocycles. The van der Waals surface area contributed by atoms with E-state index in [1.54, 1.807) is 0 Å². The second kappa shape index (κ2) is 18.7. The molecule has 2 N–H and O–H groups in total. The zero-order valence-electron chi connectivity index (χ0n) is 14.8. The summed E-state index contributed by atoms with van der Waals surface area (Å²) in [7, 11) is 0. The van der Waals surface area contributed by atoms with E-state index in [0.29, 0.717) is 13.0 Å². The van der Waals surface area contributed by atoms with Crippen molar-refractivity contribution >= 4 is 5.91 Å². The van der Waals surface area contributed by atoms with Gasteiger partial charge in [-0.25, -0.2) is 0 Å². The number of unbranched alkanes of at least 4 members (excludes halogenated alkanes) is 5. The number of hydrogen-bond acceptors (Lipinski definition) is 2. The van der Waals surface area contributed by atoms with Crippen LogP contribution in [0.4, 0.5) is 0 Å². The van der Waals surface area contributed by atoms with Crippen molar-refractivity contribution in [3.63, 3.8) is 0 Å². The Balaban J connectivity index is 3.36. The molecule has 3 nitrogen and oxygen atoms in total. The molecule has 0 bridgehead atoms. The van der Waals surface area contributed by atoms with E-state index < -0.39 is 0 Å². The van der Waals surface area contributed by atoms with Crippen LogP contribution in [0.5, 0.6) is 0 Å². The second-order valence-corrected chi connectivity index (χ2v) is 5.70. The highest BCUT2D eigenvalue weighted by Gasteiger charge is 1.98. The summed E-state index contributed by atoms with van der Waals surface area (Å²) in [6.07, 6.45) is 24.0. The van der Waals surface area contributed by atoms with Gasteiger partial charge in [0, 0.05) is 13.0 Å². The molecule has 3 heteroatoms. The number of amides is 1. The summed E-state index contributed by atoms with van der Waals surface area (Å²) >= 11 is 0. The Bertz CT molecular complexity index is 346. The van der Waals surface area contributed by atoms with E-state index in [1.165, 1.54) is 25.7 Å². The summed E-state index contributed by atoms with van der Waals surface area (Å²) in [4.78, 5) is 11.3. The minimum atomic E-state index is 0.0106. The van der Waals surface area contributed by atoms with Crippen molar-refractivity contribution in [1.29, 1.82) is 0 Å². The smallest absolute Gasteiger partial charge is 0.220 e. The van der Waals surface area contributed by atoms with Gasteiger partial charge in [0.05, 0.1) is 6.61 Å². The highest BCUT2D eigenvalue weighted by atomic mass is 16.3. The maximum atomic E-state index is 11.3. The monoisotopic (exact) mass is 321 g/mol. The molecule has 0 aliphatic heterocycles.